The van der Waals surface area contributed by atoms with Gasteiger partial charge in [-0.05, 0) is 42.3 Å². The Balaban J connectivity index is 1.87. The summed E-state index contributed by atoms with van der Waals surface area (Å²) >= 11 is 6.27. The van der Waals surface area contributed by atoms with Gasteiger partial charge >= 0.3 is 0 Å². The number of halogens is 1. The molecule has 3 aromatic rings. The molecule has 0 saturated carbocycles. The molecular weight excluding hydrogens is 468 g/mol. The van der Waals surface area contributed by atoms with E-state index in [0.29, 0.717) is 39.5 Å². The van der Waals surface area contributed by atoms with E-state index in [4.69, 9.17) is 31.5 Å². The summed E-state index contributed by atoms with van der Waals surface area (Å²) in [6.07, 6.45) is 5.54. The van der Waals surface area contributed by atoms with Crippen LogP contribution in [0.5, 0.6) is 17.2 Å². The van der Waals surface area contributed by atoms with Crippen LogP contribution < -0.4 is 30.2 Å². The number of carbonyl (C=O) groups excluding carboxylic acids is 1. The fraction of sp³-hybridized carbons (Fsp3) is 0.231. The number of hydrogen-bond donors (Lipinski definition) is 2. The monoisotopic (exact) mass is 496 g/mol. The van der Waals surface area contributed by atoms with Gasteiger partial charge in [0.1, 0.15) is 5.82 Å². The summed E-state index contributed by atoms with van der Waals surface area (Å²) in [5.74, 6) is 1.82. The van der Waals surface area contributed by atoms with Crippen molar-refractivity contribution in [2.24, 2.45) is 0 Å². The Hall–Kier alpha value is -3.91. The van der Waals surface area contributed by atoms with Crippen LogP contribution in [-0.4, -0.2) is 39.3 Å². The molecule has 0 fully saturated rings. The summed E-state index contributed by atoms with van der Waals surface area (Å²) in [4.78, 5) is 19.0. The summed E-state index contributed by atoms with van der Waals surface area (Å²) in [7, 11) is 6.53. The van der Waals surface area contributed by atoms with Crippen LogP contribution in [-0.2, 0) is 11.2 Å². The van der Waals surface area contributed by atoms with Crippen LogP contribution in [0, 0.1) is 0 Å². The van der Waals surface area contributed by atoms with E-state index in [9.17, 15) is 4.79 Å². The number of amides is 1. The number of nitrogens with one attached hydrogen (secondary N) is 1. The molecule has 0 radical (unpaired) electrons. The molecule has 2 aromatic carbocycles. The normalized spacial score (nSPS) is 10.8. The average molecular weight is 497 g/mol. The summed E-state index contributed by atoms with van der Waals surface area (Å²) in [6, 6.07) is 10.7. The van der Waals surface area contributed by atoms with Gasteiger partial charge < -0.3 is 30.2 Å². The van der Waals surface area contributed by atoms with Crippen molar-refractivity contribution >= 4 is 46.5 Å². The maximum atomic E-state index is 12.6. The molecule has 3 N–H and O–H groups in total. The van der Waals surface area contributed by atoms with E-state index in [2.05, 4.69) is 10.3 Å². The molecular formula is C26H29ClN4O4. The van der Waals surface area contributed by atoms with Gasteiger partial charge in [-0.1, -0.05) is 18.5 Å². The topological polar surface area (TPSA) is 98.9 Å². The number of aromatic nitrogens is 1. The number of hydrogen-bond acceptors (Lipinski definition) is 7. The number of nitrogen functional groups attached to an aromatic ring is 1. The van der Waals surface area contributed by atoms with Crippen LogP contribution in [0.1, 0.15) is 18.1 Å². The number of rotatable bonds is 9. The van der Waals surface area contributed by atoms with Crippen molar-refractivity contribution in [1.82, 2.24) is 4.98 Å². The fourth-order valence-corrected chi connectivity index (χ4v) is 3.86. The first-order chi connectivity index (χ1) is 16.8. The summed E-state index contributed by atoms with van der Waals surface area (Å²) in [5, 5.41) is 3.34. The largest absolute Gasteiger partial charge is 0.493 e. The third-order valence-corrected chi connectivity index (χ3v) is 5.79. The zero-order valence-corrected chi connectivity index (χ0v) is 21.1. The minimum absolute atomic E-state index is 0.345. The van der Waals surface area contributed by atoms with Crippen molar-refractivity contribution in [2.75, 3.05) is 44.3 Å². The first-order valence-corrected chi connectivity index (χ1v) is 11.3. The highest BCUT2D eigenvalue weighted by molar-refractivity contribution is 6.32. The molecule has 3 rings (SSSR count). The van der Waals surface area contributed by atoms with Crippen LogP contribution in [0.25, 0.3) is 6.08 Å². The molecule has 9 heteroatoms. The lowest BCUT2D eigenvalue weighted by Crippen LogP contribution is -2.13. The predicted octanol–water partition coefficient (Wildman–Crippen LogP) is 5.33. The summed E-state index contributed by atoms with van der Waals surface area (Å²) in [6.45, 7) is 1.99. The number of nitrogens with two attached hydrogens (primary N) is 1. The van der Waals surface area contributed by atoms with E-state index in [1.165, 1.54) is 6.08 Å². The molecule has 0 atom stereocenters. The molecule has 184 valence electrons. The highest BCUT2D eigenvalue weighted by Gasteiger charge is 2.17. The lowest BCUT2D eigenvalue weighted by molar-refractivity contribution is -0.111. The van der Waals surface area contributed by atoms with Gasteiger partial charge in [-0.25, -0.2) is 4.98 Å². The van der Waals surface area contributed by atoms with Crippen molar-refractivity contribution in [3.05, 3.63) is 64.8 Å². The van der Waals surface area contributed by atoms with Gasteiger partial charge in [-0.15, -0.1) is 0 Å². The summed E-state index contributed by atoms with van der Waals surface area (Å²) < 4.78 is 16.3. The Kier molecular flexibility index (Phi) is 8.43. The van der Waals surface area contributed by atoms with Crippen LogP contribution in [0.4, 0.5) is 22.9 Å². The number of benzene rings is 2. The second-order valence-corrected chi connectivity index (χ2v) is 7.97. The molecule has 1 heterocycles. The highest BCUT2D eigenvalue weighted by Crippen LogP contribution is 2.42. The smallest absolute Gasteiger partial charge is 0.248 e. The van der Waals surface area contributed by atoms with E-state index >= 15 is 0 Å². The number of aryl methyl sites for hydroxylation is 1. The number of carbonyl (C=O) groups is 1. The van der Waals surface area contributed by atoms with E-state index < -0.39 is 0 Å². The Bertz CT molecular complexity index is 1220. The van der Waals surface area contributed by atoms with E-state index in [0.717, 1.165) is 23.2 Å². The van der Waals surface area contributed by atoms with Gasteiger partial charge in [0.2, 0.25) is 11.7 Å². The molecule has 0 aliphatic heterocycles. The predicted molar refractivity (Wildman–Crippen MR) is 141 cm³/mol. The molecule has 1 aromatic heterocycles. The van der Waals surface area contributed by atoms with Gasteiger partial charge in [0.05, 0.1) is 32.7 Å². The molecule has 1 amide bonds. The molecule has 0 unspecified atom stereocenters. The SMILES string of the molecule is CCc1cc(N)c(NC(=O)/C=C/c2cccnc2N(C)c2cc(OC)c(OC)c(OC)c2)cc1Cl. The second-order valence-electron chi connectivity index (χ2n) is 7.57. The number of nitrogens with zero attached hydrogens (tertiary/aromatic N) is 2. The van der Waals surface area contributed by atoms with Crippen molar-refractivity contribution in [2.45, 2.75) is 13.3 Å². The number of ether oxygens (including phenoxy) is 3. The standard InChI is InChI=1S/C26H29ClN4O4/c1-6-16-12-20(28)21(15-19(16)27)30-24(32)10-9-17-8-7-11-29-26(17)31(2)18-13-22(33-3)25(35-5)23(14-18)34-4/h7-15H,6,28H2,1-5H3,(H,30,32)/b10-9+. The maximum absolute atomic E-state index is 12.6. The van der Waals surface area contributed by atoms with Crippen molar-refractivity contribution in [3.63, 3.8) is 0 Å². The molecule has 35 heavy (non-hydrogen) atoms. The van der Waals surface area contributed by atoms with Gasteiger partial charge in [-0.2, -0.15) is 0 Å². The molecule has 0 aliphatic rings. The quantitative estimate of drug-likeness (QED) is 0.305. The molecule has 0 saturated heterocycles. The Morgan fingerprint density at radius 3 is 2.43 bits per heavy atom. The van der Waals surface area contributed by atoms with Crippen LogP contribution in [0.2, 0.25) is 5.02 Å². The van der Waals surface area contributed by atoms with Gasteiger partial charge in [0.25, 0.3) is 0 Å². The van der Waals surface area contributed by atoms with Crippen molar-refractivity contribution < 1.29 is 19.0 Å². The Morgan fingerprint density at radius 2 is 1.83 bits per heavy atom. The molecule has 0 spiro atoms. The fourth-order valence-electron chi connectivity index (χ4n) is 3.56. The Morgan fingerprint density at radius 1 is 1.14 bits per heavy atom. The number of pyridine rings is 1. The first kappa shape index (κ1) is 25.7. The molecule has 8 nitrogen and oxygen atoms in total. The third-order valence-electron chi connectivity index (χ3n) is 5.44. The van der Waals surface area contributed by atoms with Crippen LogP contribution >= 0.6 is 11.6 Å². The minimum atomic E-state index is -0.345. The Labute approximate surface area is 210 Å². The second kappa shape index (κ2) is 11.5. The van der Waals surface area contributed by atoms with Crippen LogP contribution in [0.3, 0.4) is 0 Å². The lowest BCUT2D eigenvalue weighted by atomic mass is 10.1. The number of anilines is 4. The summed E-state index contributed by atoms with van der Waals surface area (Å²) in [5.41, 5.74) is 9.40. The third kappa shape index (κ3) is 5.78. The van der Waals surface area contributed by atoms with Gasteiger partial charge in [-0.3, -0.25) is 4.79 Å². The minimum Gasteiger partial charge on any atom is -0.493 e. The van der Waals surface area contributed by atoms with Gasteiger partial charge in [0.15, 0.2) is 11.5 Å². The first-order valence-electron chi connectivity index (χ1n) is 10.9. The highest BCUT2D eigenvalue weighted by atomic mass is 35.5. The lowest BCUT2D eigenvalue weighted by Gasteiger charge is -2.22. The van der Waals surface area contributed by atoms with Crippen molar-refractivity contribution in [3.8, 4) is 17.2 Å². The molecule has 0 aliphatic carbocycles. The zero-order chi connectivity index (χ0) is 25.5. The van der Waals surface area contributed by atoms with E-state index in [1.54, 1.807) is 51.8 Å². The van der Waals surface area contributed by atoms with Gasteiger partial charge in [0, 0.05) is 47.7 Å². The zero-order valence-electron chi connectivity index (χ0n) is 20.4. The average Bonchev–Trinajstić information content (AvgIpc) is 2.88. The van der Waals surface area contributed by atoms with Crippen molar-refractivity contribution in [1.29, 1.82) is 0 Å². The number of methoxy groups -OCH3 is 3. The van der Waals surface area contributed by atoms with Crippen LogP contribution in [0.15, 0.2) is 48.7 Å². The van der Waals surface area contributed by atoms with E-state index in [1.807, 2.05) is 37.1 Å². The van der Waals surface area contributed by atoms with E-state index in [-0.39, 0.29) is 5.91 Å². The molecule has 0 bridgehead atoms. The maximum Gasteiger partial charge on any atom is 0.248 e.